The summed E-state index contributed by atoms with van der Waals surface area (Å²) in [5.41, 5.74) is 19.8. The van der Waals surface area contributed by atoms with Crippen molar-refractivity contribution in [1.82, 2.24) is 0 Å². The van der Waals surface area contributed by atoms with E-state index >= 15 is 0 Å². The normalized spacial score (nSPS) is 15.2. The molecule has 0 N–H and O–H groups in total. The highest BCUT2D eigenvalue weighted by atomic mass is 14.3. The summed E-state index contributed by atoms with van der Waals surface area (Å²) in [5.74, 6) is 0. The van der Waals surface area contributed by atoms with Crippen LogP contribution in [-0.2, 0) is 12.8 Å². The first-order valence-electron chi connectivity index (χ1n) is 17.1. The number of hydrogen-bond acceptors (Lipinski definition) is 0. The summed E-state index contributed by atoms with van der Waals surface area (Å²) in [4.78, 5) is 0. The van der Waals surface area contributed by atoms with Gasteiger partial charge in [-0.2, -0.15) is 0 Å². The first-order chi connectivity index (χ1) is 23.3. The zero-order valence-corrected chi connectivity index (χ0v) is 28.4. The number of fused-ring (bicyclic) bond motifs is 4. The number of allylic oxidation sites excluding steroid dienone is 6. The van der Waals surface area contributed by atoms with E-state index in [1.165, 1.54) is 93.9 Å². The Morgan fingerprint density at radius 1 is 0.583 bits per heavy atom. The van der Waals surface area contributed by atoms with Crippen molar-refractivity contribution in [3.05, 3.63) is 160 Å². The van der Waals surface area contributed by atoms with Gasteiger partial charge in [0, 0.05) is 0 Å². The van der Waals surface area contributed by atoms with Gasteiger partial charge in [-0.3, -0.25) is 0 Å². The van der Waals surface area contributed by atoms with Crippen molar-refractivity contribution in [2.45, 2.75) is 47.0 Å². The van der Waals surface area contributed by atoms with E-state index in [0.29, 0.717) is 0 Å². The zero-order chi connectivity index (χ0) is 33.1. The molecule has 0 bridgehead atoms. The van der Waals surface area contributed by atoms with Crippen molar-refractivity contribution < 1.29 is 0 Å². The summed E-state index contributed by atoms with van der Waals surface area (Å²) < 4.78 is 0. The largest absolute Gasteiger partial charge is 0.114 e. The average molecular weight is 615 g/mol. The smallest absolute Gasteiger partial charge is 0.0911 e. The van der Waals surface area contributed by atoms with Gasteiger partial charge in [0.25, 0.3) is 0 Å². The zero-order valence-electron chi connectivity index (χ0n) is 28.4. The van der Waals surface area contributed by atoms with Gasteiger partial charge >= 0.3 is 0 Å². The molecule has 1 heteroatoms. The number of rotatable bonds is 3. The Labute approximate surface area is 286 Å². The second-order valence-electron chi connectivity index (χ2n) is 13.5. The lowest BCUT2D eigenvalue weighted by Crippen LogP contribution is -2.16. The molecule has 6 aromatic rings. The third-order valence-corrected chi connectivity index (χ3v) is 10.9. The molecule has 0 spiro atoms. The third kappa shape index (κ3) is 4.67. The fourth-order valence-corrected chi connectivity index (χ4v) is 8.29. The van der Waals surface area contributed by atoms with Crippen molar-refractivity contribution in [2.24, 2.45) is 0 Å². The number of benzene rings is 6. The molecule has 0 nitrogen and oxygen atoms in total. The van der Waals surface area contributed by atoms with E-state index in [0.717, 1.165) is 35.9 Å². The van der Waals surface area contributed by atoms with Crippen LogP contribution >= 0.6 is 0 Å². The fourth-order valence-electron chi connectivity index (χ4n) is 8.29. The van der Waals surface area contributed by atoms with Crippen LogP contribution in [0.25, 0.3) is 66.6 Å². The minimum Gasteiger partial charge on any atom is -0.0911 e. The monoisotopic (exact) mass is 614 g/mol. The maximum absolute atomic E-state index is 6.80. The van der Waals surface area contributed by atoms with Gasteiger partial charge in [-0.25, -0.2) is 0 Å². The van der Waals surface area contributed by atoms with Gasteiger partial charge in [-0.15, -0.1) is 0 Å². The lowest BCUT2D eigenvalue weighted by Gasteiger charge is -2.25. The van der Waals surface area contributed by atoms with E-state index in [-0.39, 0.29) is 0 Å². The topological polar surface area (TPSA) is 0 Å². The summed E-state index contributed by atoms with van der Waals surface area (Å²) in [7, 11) is 6.80. The highest BCUT2D eigenvalue weighted by molar-refractivity contribution is 6.35. The quantitative estimate of drug-likeness (QED) is 0.137. The van der Waals surface area contributed by atoms with Crippen LogP contribution in [0.2, 0.25) is 0 Å². The van der Waals surface area contributed by atoms with Gasteiger partial charge in [0.05, 0.1) is 0 Å². The molecule has 2 aliphatic rings. The first kappa shape index (κ1) is 30.2. The average Bonchev–Trinajstić information content (AvgIpc) is 3.11. The fraction of sp³-hybridized carbons (Fsp3) is 0.149. The summed E-state index contributed by atoms with van der Waals surface area (Å²) in [6, 6.07) is 29.6. The molecular formula is C47H39B. The first-order valence-corrected chi connectivity index (χ1v) is 17.1. The minimum absolute atomic E-state index is 0.892. The molecule has 6 aromatic carbocycles. The summed E-state index contributed by atoms with van der Waals surface area (Å²) in [6.45, 7) is 13.3. The minimum atomic E-state index is 0.892. The van der Waals surface area contributed by atoms with E-state index in [9.17, 15) is 0 Å². The second kappa shape index (κ2) is 11.8. The van der Waals surface area contributed by atoms with E-state index in [1.807, 2.05) is 0 Å². The summed E-state index contributed by atoms with van der Waals surface area (Å²) >= 11 is 0. The molecule has 0 atom stereocenters. The summed E-state index contributed by atoms with van der Waals surface area (Å²) in [5, 5.41) is 5.08. The Balaban J connectivity index is 1.49. The van der Waals surface area contributed by atoms with Crippen molar-refractivity contribution in [1.29, 1.82) is 0 Å². The molecule has 0 aliphatic heterocycles. The Hall–Kier alpha value is -5.14. The van der Waals surface area contributed by atoms with Crippen LogP contribution in [0.3, 0.4) is 0 Å². The van der Waals surface area contributed by atoms with Crippen LogP contribution in [0.4, 0.5) is 0 Å². The molecule has 0 fully saturated rings. The predicted octanol–water partition coefficient (Wildman–Crippen LogP) is 11.7. The van der Waals surface area contributed by atoms with Crippen LogP contribution in [-0.4, -0.2) is 7.85 Å². The molecule has 0 heterocycles. The molecule has 2 radical (unpaired) electrons. The Kier molecular flexibility index (Phi) is 7.45. The molecule has 0 aromatic heterocycles. The molecule has 0 unspecified atom stereocenters. The molecule has 0 amide bonds. The number of hydrogen-bond donors (Lipinski definition) is 0. The van der Waals surface area contributed by atoms with Crippen LogP contribution < -0.4 is 5.46 Å². The predicted molar refractivity (Wildman–Crippen MR) is 210 cm³/mol. The SMILES string of the molecule is [B]c1c(C)c(C)c(C)c(-c2c3ccccc3c(-c3cc(-c4cccc5c4C(=C)/C=C\C=C/C5)cc4c3CCC=C4)c3ccccc23)c1C. The molecule has 0 saturated heterocycles. The van der Waals surface area contributed by atoms with Crippen molar-refractivity contribution in [2.75, 3.05) is 0 Å². The molecular weight excluding hydrogens is 575 g/mol. The maximum atomic E-state index is 6.80. The lowest BCUT2D eigenvalue weighted by atomic mass is 9.75. The maximum Gasteiger partial charge on any atom is 0.114 e. The van der Waals surface area contributed by atoms with Crippen molar-refractivity contribution >= 4 is 46.5 Å². The van der Waals surface area contributed by atoms with Crippen molar-refractivity contribution in [3.63, 3.8) is 0 Å². The lowest BCUT2D eigenvalue weighted by molar-refractivity contribution is 0.989. The Morgan fingerprint density at radius 3 is 1.98 bits per heavy atom. The van der Waals surface area contributed by atoms with Gasteiger partial charge < -0.3 is 0 Å². The molecule has 0 saturated carbocycles. The van der Waals surface area contributed by atoms with Crippen LogP contribution in [0.15, 0.2) is 116 Å². The second-order valence-corrected chi connectivity index (χ2v) is 13.5. The van der Waals surface area contributed by atoms with Crippen LogP contribution in [0.1, 0.15) is 50.9 Å². The molecule has 230 valence electrons. The van der Waals surface area contributed by atoms with Crippen molar-refractivity contribution in [3.8, 4) is 33.4 Å². The summed E-state index contributed by atoms with van der Waals surface area (Å²) in [6.07, 6.45) is 16.2. The highest BCUT2D eigenvalue weighted by Crippen LogP contribution is 2.48. The van der Waals surface area contributed by atoms with Crippen LogP contribution in [0.5, 0.6) is 0 Å². The van der Waals surface area contributed by atoms with E-state index in [4.69, 9.17) is 7.85 Å². The van der Waals surface area contributed by atoms with E-state index < -0.39 is 0 Å². The van der Waals surface area contributed by atoms with E-state index in [1.54, 1.807) is 0 Å². The third-order valence-electron chi connectivity index (χ3n) is 10.9. The van der Waals surface area contributed by atoms with Gasteiger partial charge in [0.2, 0.25) is 0 Å². The molecule has 2 aliphatic carbocycles. The standard InChI is InChI=1S/C47H39B/c1-28-16-7-6-8-17-33-19-15-25-37(43(28)33)35-26-34-18-9-10-20-36(34)42(27-35)45-38-21-11-13-23-40(38)46(41-24-14-12-22-39(41)45)44-30(3)29(2)31(4)47(48)32(44)5/h6-9,11-16,18-19,21-27H,1,10,17,20H2,2-5H3/b8-6-,16-7-. The molecule has 48 heavy (non-hydrogen) atoms. The Morgan fingerprint density at radius 2 is 1.27 bits per heavy atom. The van der Waals surface area contributed by atoms with Crippen LogP contribution in [0, 0.1) is 27.7 Å². The van der Waals surface area contributed by atoms with Gasteiger partial charge in [-0.1, -0.05) is 121 Å². The van der Waals surface area contributed by atoms with Gasteiger partial charge in [-0.05, 0) is 159 Å². The van der Waals surface area contributed by atoms with E-state index in [2.05, 4.69) is 150 Å². The Bertz CT molecular complexity index is 2340. The van der Waals surface area contributed by atoms with Gasteiger partial charge in [0.15, 0.2) is 0 Å². The highest BCUT2D eigenvalue weighted by Gasteiger charge is 2.24. The van der Waals surface area contributed by atoms with Gasteiger partial charge in [0.1, 0.15) is 7.85 Å². The molecule has 8 rings (SSSR count).